The fourth-order valence-corrected chi connectivity index (χ4v) is 2.47. The minimum absolute atomic E-state index is 0.256. The van der Waals surface area contributed by atoms with Crippen LogP contribution < -0.4 is 0 Å². The average Bonchev–Trinajstić information content (AvgIpc) is 2.82. The maximum atomic E-state index is 11.3. The summed E-state index contributed by atoms with van der Waals surface area (Å²) in [5, 5.41) is 9.28. The topological polar surface area (TPSA) is 66.0 Å². The molecule has 0 spiro atoms. The zero-order valence-electron chi connectivity index (χ0n) is 9.72. The van der Waals surface area contributed by atoms with Crippen molar-refractivity contribution in [1.29, 1.82) is 0 Å². The van der Waals surface area contributed by atoms with E-state index in [0.717, 1.165) is 14.6 Å². The number of halogens is 1. The molecule has 94 valence electrons. The molecule has 0 aliphatic heterocycles. The van der Waals surface area contributed by atoms with Crippen molar-refractivity contribution in [2.24, 2.45) is 0 Å². The second kappa shape index (κ2) is 4.65. The van der Waals surface area contributed by atoms with E-state index in [2.05, 4.69) is 32.6 Å². The van der Waals surface area contributed by atoms with E-state index in [1.165, 1.54) is 0 Å². The molecular formula is C14H9IN2O2. The first-order chi connectivity index (χ1) is 9.15. The van der Waals surface area contributed by atoms with Crippen molar-refractivity contribution in [3.63, 3.8) is 0 Å². The van der Waals surface area contributed by atoms with E-state index in [1.807, 2.05) is 30.3 Å². The van der Waals surface area contributed by atoms with Gasteiger partial charge in [0.25, 0.3) is 0 Å². The summed E-state index contributed by atoms with van der Waals surface area (Å²) in [6.07, 6.45) is 0. The van der Waals surface area contributed by atoms with Gasteiger partial charge >= 0.3 is 5.97 Å². The van der Waals surface area contributed by atoms with Crippen molar-refractivity contribution >= 4 is 39.6 Å². The number of carboxylic acids is 1. The van der Waals surface area contributed by atoms with Gasteiger partial charge in [0.05, 0.1) is 16.6 Å². The Labute approximate surface area is 122 Å². The van der Waals surface area contributed by atoms with E-state index in [-0.39, 0.29) is 5.56 Å². The Balaban J connectivity index is 2.23. The maximum Gasteiger partial charge on any atom is 0.336 e. The lowest BCUT2D eigenvalue weighted by Crippen LogP contribution is -2.00. The predicted molar refractivity (Wildman–Crippen MR) is 81.2 cm³/mol. The van der Waals surface area contributed by atoms with E-state index in [4.69, 9.17) is 0 Å². The lowest BCUT2D eigenvalue weighted by Gasteiger charge is -2.03. The predicted octanol–water partition coefficient (Wildman–Crippen LogP) is 3.53. The lowest BCUT2D eigenvalue weighted by atomic mass is 10.1. The van der Waals surface area contributed by atoms with Gasteiger partial charge in [0, 0.05) is 9.13 Å². The number of carboxylic acid groups (broad SMARTS) is 1. The highest BCUT2D eigenvalue weighted by atomic mass is 127. The van der Waals surface area contributed by atoms with Crippen molar-refractivity contribution in [2.75, 3.05) is 0 Å². The van der Waals surface area contributed by atoms with Gasteiger partial charge in [-0.15, -0.1) is 0 Å². The molecule has 0 amide bonds. The quantitative estimate of drug-likeness (QED) is 0.684. The number of aromatic nitrogens is 2. The number of para-hydroxylation sites is 2. The van der Waals surface area contributed by atoms with Crippen LogP contribution in [0.1, 0.15) is 10.4 Å². The largest absolute Gasteiger partial charge is 0.478 e. The van der Waals surface area contributed by atoms with Gasteiger partial charge < -0.3 is 10.1 Å². The summed E-state index contributed by atoms with van der Waals surface area (Å²) < 4.78 is 0.884. The smallest absolute Gasteiger partial charge is 0.336 e. The summed E-state index contributed by atoms with van der Waals surface area (Å²) in [5.74, 6) is -0.371. The number of imidazole rings is 1. The number of benzene rings is 2. The third kappa shape index (κ3) is 2.21. The first kappa shape index (κ1) is 12.2. The minimum atomic E-state index is -0.950. The summed E-state index contributed by atoms with van der Waals surface area (Å²) in [6, 6.07) is 12.9. The van der Waals surface area contributed by atoms with E-state index in [0.29, 0.717) is 11.4 Å². The number of H-pyrrole nitrogens is 1. The third-order valence-corrected chi connectivity index (χ3v) is 3.53. The van der Waals surface area contributed by atoms with Crippen LogP contribution in [0.2, 0.25) is 0 Å². The number of hydrogen-bond acceptors (Lipinski definition) is 2. The van der Waals surface area contributed by atoms with Crippen LogP contribution in [-0.4, -0.2) is 21.0 Å². The Kier molecular flexibility index (Phi) is 2.98. The minimum Gasteiger partial charge on any atom is -0.478 e. The Morgan fingerprint density at radius 1 is 1.21 bits per heavy atom. The number of rotatable bonds is 2. The summed E-state index contributed by atoms with van der Waals surface area (Å²) in [4.78, 5) is 18.9. The van der Waals surface area contributed by atoms with Crippen LogP contribution in [0.15, 0.2) is 42.5 Å². The highest BCUT2D eigenvalue weighted by Crippen LogP contribution is 2.25. The molecular weight excluding hydrogens is 355 g/mol. The summed E-state index contributed by atoms with van der Waals surface area (Å²) in [5.41, 5.74) is 2.58. The van der Waals surface area contributed by atoms with Crippen LogP contribution in [0.25, 0.3) is 22.4 Å². The molecule has 2 N–H and O–H groups in total. The molecule has 0 bridgehead atoms. The van der Waals surface area contributed by atoms with Gasteiger partial charge in [0.15, 0.2) is 0 Å². The molecule has 5 heteroatoms. The van der Waals surface area contributed by atoms with Gasteiger partial charge in [0.1, 0.15) is 5.82 Å². The molecule has 0 aliphatic carbocycles. The molecule has 0 saturated carbocycles. The van der Waals surface area contributed by atoms with Gasteiger partial charge in [-0.1, -0.05) is 12.1 Å². The van der Waals surface area contributed by atoms with Gasteiger partial charge in [-0.3, -0.25) is 0 Å². The first-order valence-electron chi connectivity index (χ1n) is 5.63. The number of nitrogens with one attached hydrogen (secondary N) is 1. The zero-order valence-corrected chi connectivity index (χ0v) is 11.9. The van der Waals surface area contributed by atoms with Crippen molar-refractivity contribution in [2.45, 2.75) is 0 Å². The molecule has 1 aromatic heterocycles. The zero-order chi connectivity index (χ0) is 13.4. The highest BCUT2D eigenvalue weighted by Gasteiger charge is 2.15. The van der Waals surface area contributed by atoms with Gasteiger partial charge in [-0.25, -0.2) is 9.78 Å². The molecule has 4 nitrogen and oxygen atoms in total. The van der Waals surface area contributed by atoms with E-state index in [9.17, 15) is 9.90 Å². The fraction of sp³-hybridized carbons (Fsp3) is 0. The third-order valence-electron chi connectivity index (χ3n) is 2.86. The SMILES string of the molecule is O=C(O)c1cc(I)ccc1-c1nc2ccccc2[nH]1. The second-order valence-electron chi connectivity index (χ2n) is 4.10. The molecule has 2 aromatic carbocycles. The Morgan fingerprint density at radius 3 is 2.74 bits per heavy atom. The van der Waals surface area contributed by atoms with Crippen LogP contribution in [0, 0.1) is 3.57 Å². The van der Waals surface area contributed by atoms with E-state index >= 15 is 0 Å². The van der Waals surface area contributed by atoms with Crippen LogP contribution in [0.5, 0.6) is 0 Å². The summed E-state index contributed by atoms with van der Waals surface area (Å²) in [7, 11) is 0. The van der Waals surface area contributed by atoms with Crippen molar-refractivity contribution in [1.82, 2.24) is 9.97 Å². The Hall–Kier alpha value is -1.89. The van der Waals surface area contributed by atoms with Gasteiger partial charge in [0.2, 0.25) is 0 Å². The Bertz CT molecular complexity index is 747. The van der Waals surface area contributed by atoms with Crippen LogP contribution in [-0.2, 0) is 0 Å². The summed E-state index contributed by atoms with van der Waals surface area (Å²) in [6.45, 7) is 0. The van der Waals surface area contributed by atoms with E-state index < -0.39 is 5.97 Å². The first-order valence-corrected chi connectivity index (χ1v) is 6.71. The van der Waals surface area contributed by atoms with Gasteiger partial charge in [-0.05, 0) is 52.9 Å². The normalized spacial score (nSPS) is 10.8. The molecule has 1 heterocycles. The maximum absolute atomic E-state index is 11.3. The second-order valence-corrected chi connectivity index (χ2v) is 5.34. The molecule has 0 radical (unpaired) electrons. The highest BCUT2D eigenvalue weighted by molar-refractivity contribution is 14.1. The van der Waals surface area contributed by atoms with E-state index in [1.54, 1.807) is 12.1 Å². The van der Waals surface area contributed by atoms with Crippen molar-refractivity contribution < 1.29 is 9.90 Å². The molecule has 19 heavy (non-hydrogen) atoms. The number of nitrogens with zero attached hydrogens (tertiary/aromatic N) is 1. The average molecular weight is 364 g/mol. The van der Waals surface area contributed by atoms with Crippen molar-refractivity contribution in [3.8, 4) is 11.4 Å². The van der Waals surface area contributed by atoms with Crippen LogP contribution in [0.3, 0.4) is 0 Å². The monoisotopic (exact) mass is 364 g/mol. The number of aromatic carboxylic acids is 1. The number of carbonyl (C=O) groups is 1. The number of fused-ring (bicyclic) bond motifs is 1. The molecule has 3 rings (SSSR count). The van der Waals surface area contributed by atoms with Crippen LogP contribution in [0.4, 0.5) is 0 Å². The lowest BCUT2D eigenvalue weighted by molar-refractivity contribution is 0.0697. The molecule has 0 saturated heterocycles. The summed E-state index contributed by atoms with van der Waals surface area (Å²) >= 11 is 2.10. The van der Waals surface area contributed by atoms with Crippen LogP contribution >= 0.6 is 22.6 Å². The molecule has 0 unspecified atom stereocenters. The number of aromatic amines is 1. The number of hydrogen-bond donors (Lipinski definition) is 2. The molecule has 0 atom stereocenters. The molecule has 0 fully saturated rings. The fourth-order valence-electron chi connectivity index (χ4n) is 1.98. The Morgan fingerprint density at radius 2 is 2.00 bits per heavy atom. The van der Waals surface area contributed by atoms with Crippen molar-refractivity contribution in [3.05, 3.63) is 51.6 Å². The molecule has 3 aromatic rings. The van der Waals surface area contributed by atoms with Gasteiger partial charge in [-0.2, -0.15) is 0 Å². The molecule has 0 aliphatic rings. The standard InChI is InChI=1S/C14H9IN2O2/c15-8-5-6-9(10(7-8)14(18)19)13-16-11-3-1-2-4-12(11)17-13/h1-7H,(H,16,17)(H,18,19).